The maximum atomic E-state index is 12.0. The molecule has 7 heteroatoms. The lowest BCUT2D eigenvalue weighted by Crippen LogP contribution is -2.15. The molecular weight excluding hydrogens is 310 g/mol. The van der Waals surface area contributed by atoms with Gasteiger partial charge in [0.2, 0.25) is 0 Å². The number of carbonyl (C=O) groups excluding carboxylic acids is 1. The first-order valence-electron chi connectivity index (χ1n) is 5.77. The number of pyridine rings is 1. The summed E-state index contributed by atoms with van der Waals surface area (Å²) in [5.74, 6) is 0.107. The highest BCUT2D eigenvalue weighted by Crippen LogP contribution is 2.18. The van der Waals surface area contributed by atoms with E-state index in [2.05, 4.69) is 31.3 Å². The maximum Gasteiger partial charge on any atom is 0.279 e. The summed E-state index contributed by atoms with van der Waals surface area (Å²) >= 11 is 3.35. The van der Waals surface area contributed by atoms with E-state index in [1.54, 1.807) is 23.1 Å². The molecule has 2 aromatic heterocycles. The Bertz CT molecular complexity index is 623. The third kappa shape index (κ3) is 2.93. The number of anilines is 2. The molecular formula is C12H14BrN5O. The van der Waals surface area contributed by atoms with Crippen molar-refractivity contribution < 1.29 is 4.79 Å². The molecule has 0 aromatic carbocycles. The zero-order valence-electron chi connectivity index (χ0n) is 10.6. The Morgan fingerprint density at radius 1 is 1.58 bits per heavy atom. The minimum absolute atomic E-state index is 0.212. The van der Waals surface area contributed by atoms with Crippen LogP contribution in [0.15, 0.2) is 22.9 Å². The topological polar surface area (TPSA) is 85.8 Å². The molecule has 0 unspecified atom stereocenters. The number of amides is 1. The minimum Gasteiger partial charge on any atom is -0.396 e. The summed E-state index contributed by atoms with van der Waals surface area (Å²) in [6.45, 7) is 4.50. The van der Waals surface area contributed by atoms with Crippen molar-refractivity contribution in [1.82, 2.24) is 14.8 Å². The van der Waals surface area contributed by atoms with Gasteiger partial charge in [-0.2, -0.15) is 5.10 Å². The van der Waals surface area contributed by atoms with Crippen LogP contribution in [0.2, 0.25) is 0 Å². The Labute approximate surface area is 119 Å². The summed E-state index contributed by atoms with van der Waals surface area (Å²) in [5, 5.41) is 6.78. The average Bonchev–Trinajstić information content (AvgIpc) is 2.75. The smallest absolute Gasteiger partial charge is 0.279 e. The molecule has 3 N–H and O–H groups in total. The normalized spacial score (nSPS) is 10.5. The molecule has 1 amide bonds. The number of aryl methyl sites for hydroxylation is 2. The predicted octanol–water partition coefficient (Wildman–Crippen LogP) is 2.20. The third-order valence-electron chi connectivity index (χ3n) is 2.62. The molecule has 6 nitrogen and oxygen atoms in total. The number of hydrogen-bond acceptors (Lipinski definition) is 4. The van der Waals surface area contributed by atoms with Gasteiger partial charge in [-0.25, -0.2) is 4.98 Å². The number of nitrogens with two attached hydrogens (primary N) is 1. The van der Waals surface area contributed by atoms with Gasteiger partial charge in [-0.05, 0) is 41.4 Å². The SMILES string of the molecule is CCn1cc(N)c(C(=O)Nc2cc(C)c(Br)cn2)n1. The van der Waals surface area contributed by atoms with E-state index in [0.29, 0.717) is 18.1 Å². The molecule has 2 heterocycles. The minimum atomic E-state index is -0.362. The standard InChI is InChI=1S/C12H14BrN5O/c1-3-18-6-9(14)11(17-18)12(19)16-10-4-7(2)8(13)5-15-10/h4-6H,3,14H2,1-2H3,(H,15,16,19). The number of nitrogens with zero attached hydrogens (tertiary/aromatic N) is 3. The summed E-state index contributed by atoms with van der Waals surface area (Å²) in [6, 6.07) is 1.77. The molecule has 0 bridgehead atoms. The number of nitrogen functional groups attached to an aromatic ring is 1. The molecule has 100 valence electrons. The highest BCUT2D eigenvalue weighted by Gasteiger charge is 2.15. The molecule has 0 saturated heterocycles. The molecule has 0 saturated carbocycles. The largest absolute Gasteiger partial charge is 0.396 e. The van der Waals surface area contributed by atoms with Crippen LogP contribution in [0.25, 0.3) is 0 Å². The first kappa shape index (κ1) is 13.5. The third-order valence-corrected chi connectivity index (χ3v) is 3.45. The van der Waals surface area contributed by atoms with Crippen molar-refractivity contribution in [2.24, 2.45) is 0 Å². The van der Waals surface area contributed by atoms with Crippen molar-refractivity contribution >= 4 is 33.3 Å². The number of rotatable bonds is 3. The van der Waals surface area contributed by atoms with Crippen LogP contribution >= 0.6 is 15.9 Å². The number of aromatic nitrogens is 3. The van der Waals surface area contributed by atoms with E-state index in [1.807, 2.05) is 13.8 Å². The van der Waals surface area contributed by atoms with Crippen molar-refractivity contribution in [2.45, 2.75) is 20.4 Å². The molecule has 2 aromatic rings. The second kappa shape index (κ2) is 5.40. The molecule has 0 radical (unpaired) electrons. The highest BCUT2D eigenvalue weighted by atomic mass is 79.9. The zero-order chi connectivity index (χ0) is 14.0. The Morgan fingerprint density at radius 2 is 2.32 bits per heavy atom. The van der Waals surface area contributed by atoms with Crippen LogP contribution in [0, 0.1) is 6.92 Å². The molecule has 0 aliphatic carbocycles. The van der Waals surface area contributed by atoms with E-state index in [9.17, 15) is 4.79 Å². The lowest BCUT2D eigenvalue weighted by atomic mass is 10.3. The van der Waals surface area contributed by atoms with Crippen LogP contribution in [0.3, 0.4) is 0 Å². The van der Waals surface area contributed by atoms with Gasteiger partial charge in [-0.15, -0.1) is 0 Å². The maximum absolute atomic E-state index is 12.0. The molecule has 0 aliphatic rings. The van der Waals surface area contributed by atoms with Crippen molar-refractivity contribution in [1.29, 1.82) is 0 Å². The van der Waals surface area contributed by atoms with E-state index < -0.39 is 0 Å². The van der Waals surface area contributed by atoms with Gasteiger partial charge in [0.05, 0.1) is 5.69 Å². The first-order valence-corrected chi connectivity index (χ1v) is 6.57. The van der Waals surface area contributed by atoms with Crippen molar-refractivity contribution in [3.63, 3.8) is 0 Å². The second-order valence-corrected chi connectivity index (χ2v) is 4.92. The summed E-state index contributed by atoms with van der Waals surface area (Å²) in [4.78, 5) is 16.1. The Hall–Kier alpha value is -1.89. The van der Waals surface area contributed by atoms with Gasteiger partial charge in [-0.3, -0.25) is 9.48 Å². The van der Waals surface area contributed by atoms with E-state index in [-0.39, 0.29) is 11.6 Å². The predicted molar refractivity (Wildman–Crippen MR) is 76.9 cm³/mol. The molecule has 0 fully saturated rings. The lowest BCUT2D eigenvalue weighted by molar-refractivity contribution is 0.102. The van der Waals surface area contributed by atoms with E-state index >= 15 is 0 Å². The molecule has 0 spiro atoms. The lowest BCUT2D eigenvalue weighted by Gasteiger charge is -2.05. The van der Waals surface area contributed by atoms with Gasteiger partial charge >= 0.3 is 0 Å². The van der Waals surface area contributed by atoms with Crippen LogP contribution in [-0.2, 0) is 6.54 Å². The highest BCUT2D eigenvalue weighted by molar-refractivity contribution is 9.10. The number of halogens is 1. The van der Waals surface area contributed by atoms with Crippen LogP contribution in [0.1, 0.15) is 23.0 Å². The Balaban J connectivity index is 2.20. The zero-order valence-corrected chi connectivity index (χ0v) is 12.2. The van der Waals surface area contributed by atoms with E-state index in [1.165, 1.54) is 0 Å². The van der Waals surface area contributed by atoms with Gasteiger partial charge in [-0.1, -0.05) is 0 Å². The average molecular weight is 324 g/mol. The van der Waals surface area contributed by atoms with Crippen LogP contribution in [0.5, 0.6) is 0 Å². The first-order chi connectivity index (χ1) is 9.01. The van der Waals surface area contributed by atoms with Crippen LogP contribution < -0.4 is 11.1 Å². The molecule has 0 atom stereocenters. The number of nitrogens with one attached hydrogen (secondary N) is 1. The monoisotopic (exact) mass is 323 g/mol. The van der Waals surface area contributed by atoms with Crippen molar-refractivity contribution in [2.75, 3.05) is 11.1 Å². The van der Waals surface area contributed by atoms with Crippen molar-refractivity contribution in [3.05, 3.63) is 34.2 Å². The Kier molecular flexibility index (Phi) is 3.84. The van der Waals surface area contributed by atoms with Gasteiger partial charge in [0.15, 0.2) is 5.69 Å². The van der Waals surface area contributed by atoms with Gasteiger partial charge in [0.25, 0.3) is 5.91 Å². The molecule has 19 heavy (non-hydrogen) atoms. The fourth-order valence-electron chi connectivity index (χ4n) is 1.56. The number of hydrogen-bond donors (Lipinski definition) is 2. The van der Waals surface area contributed by atoms with Crippen molar-refractivity contribution in [3.8, 4) is 0 Å². The van der Waals surface area contributed by atoms with Crippen LogP contribution in [-0.4, -0.2) is 20.7 Å². The van der Waals surface area contributed by atoms with E-state index in [4.69, 9.17) is 5.73 Å². The summed E-state index contributed by atoms with van der Waals surface area (Å²) in [7, 11) is 0. The summed E-state index contributed by atoms with van der Waals surface area (Å²) in [5.41, 5.74) is 7.30. The van der Waals surface area contributed by atoms with Crippen LogP contribution in [0.4, 0.5) is 11.5 Å². The van der Waals surface area contributed by atoms with Gasteiger partial charge in [0.1, 0.15) is 5.82 Å². The quantitative estimate of drug-likeness (QED) is 0.906. The summed E-state index contributed by atoms with van der Waals surface area (Å²) < 4.78 is 2.50. The van der Waals surface area contributed by atoms with Gasteiger partial charge < -0.3 is 11.1 Å². The fraction of sp³-hybridized carbons (Fsp3) is 0.250. The van der Waals surface area contributed by atoms with Gasteiger partial charge in [0, 0.05) is 23.4 Å². The Morgan fingerprint density at radius 3 is 2.89 bits per heavy atom. The molecule has 0 aliphatic heterocycles. The van der Waals surface area contributed by atoms with E-state index in [0.717, 1.165) is 10.0 Å². The summed E-state index contributed by atoms with van der Waals surface area (Å²) in [6.07, 6.45) is 3.27. The second-order valence-electron chi connectivity index (χ2n) is 4.06. The number of carbonyl (C=O) groups is 1. The fourth-order valence-corrected chi connectivity index (χ4v) is 1.78. The molecule has 2 rings (SSSR count).